The second-order valence-corrected chi connectivity index (χ2v) is 3.82. The molecule has 2 nitrogen and oxygen atoms in total. The van der Waals surface area contributed by atoms with Crippen molar-refractivity contribution in [3.63, 3.8) is 0 Å². The quantitative estimate of drug-likeness (QED) is 0.816. The zero-order valence-electron chi connectivity index (χ0n) is 8.76. The molecule has 1 unspecified atom stereocenters. The molecule has 1 aromatic carbocycles. The van der Waals surface area contributed by atoms with E-state index in [1.54, 1.807) is 12.1 Å². The number of rotatable bonds is 5. The van der Waals surface area contributed by atoms with Crippen LogP contribution in [-0.4, -0.2) is 13.1 Å². The second kappa shape index (κ2) is 6.05. The minimum absolute atomic E-state index is 0.00304. The van der Waals surface area contributed by atoms with Crippen LogP contribution >= 0.6 is 11.6 Å². The molecule has 1 atom stereocenters. The maximum atomic E-state index is 13.2. The molecule has 4 heteroatoms. The van der Waals surface area contributed by atoms with Gasteiger partial charge in [-0.15, -0.1) is 0 Å². The average Bonchev–Trinajstić information content (AvgIpc) is 2.24. The topological polar surface area (TPSA) is 38.0 Å². The van der Waals surface area contributed by atoms with Gasteiger partial charge < -0.3 is 11.1 Å². The Kier molecular flexibility index (Phi) is 5.02. The lowest BCUT2D eigenvalue weighted by Gasteiger charge is -2.17. The Hall–Kier alpha value is -0.640. The third kappa shape index (κ3) is 3.45. The van der Waals surface area contributed by atoms with Crippen LogP contribution in [0, 0.1) is 5.82 Å². The number of hydrogen-bond acceptors (Lipinski definition) is 2. The third-order valence-electron chi connectivity index (χ3n) is 2.22. The minimum Gasteiger partial charge on any atom is -0.329 e. The molecule has 1 aromatic rings. The van der Waals surface area contributed by atoms with Crippen molar-refractivity contribution in [2.45, 2.75) is 19.4 Å². The van der Waals surface area contributed by atoms with Crippen LogP contribution in [0.2, 0.25) is 5.02 Å². The lowest BCUT2D eigenvalue weighted by molar-refractivity contribution is 0.534. The van der Waals surface area contributed by atoms with E-state index in [1.807, 2.05) is 0 Å². The van der Waals surface area contributed by atoms with Crippen LogP contribution in [0.5, 0.6) is 0 Å². The fourth-order valence-corrected chi connectivity index (χ4v) is 1.50. The summed E-state index contributed by atoms with van der Waals surface area (Å²) in [5.41, 5.74) is 6.46. The molecule has 84 valence electrons. The van der Waals surface area contributed by atoms with Gasteiger partial charge in [-0.3, -0.25) is 0 Å². The molecule has 0 aliphatic rings. The van der Waals surface area contributed by atoms with Gasteiger partial charge in [0.15, 0.2) is 0 Å². The molecule has 15 heavy (non-hydrogen) atoms. The van der Waals surface area contributed by atoms with Gasteiger partial charge in [0.1, 0.15) is 5.82 Å². The molecule has 0 radical (unpaired) electrons. The Labute approximate surface area is 94.6 Å². The molecular formula is C11H16ClFN2. The fourth-order valence-electron chi connectivity index (χ4n) is 1.38. The van der Waals surface area contributed by atoms with Gasteiger partial charge >= 0.3 is 0 Å². The summed E-state index contributed by atoms with van der Waals surface area (Å²) in [6.45, 7) is 3.39. The van der Waals surface area contributed by atoms with Gasteiger partial charge in [-0.2, -0.15) is 0 Å². The predicted molar refractivity (Wildman–Crippen MR) is 61.5 cm³/mol. The zero-order valence-corrected chi connectivity index (χ0v) is 9.52. The van der Waals surface area contributed by atoms with E-state index in [-0.39, 0.29) is 11.1 Å². The van der Waals surface area contributed by atoms with Crippen molar-refractivity contribution < 1.29 is 4.39 Å². The van der Waals surface area contributed by atoms with Crippen LogP contribution in [0.1, 0.15) is 24.9 Å². The standard InChI is InChI=1S/C11H16ClFN2/c1-2-5-15-11(7-14)8-3-4-9(12)10(13)6-8/h3-4,6,11,15H,2,5,7,14H2,1H3. The number of benzene rings is 1. The Morgan fingerprint density at radius 2 is 2.27 bits per heavy atom. The molecule has 1 rings (SSSR count). The predicted octanol–water partition coefficient (Wildman–Crippen LogP) is 2.48. The molecule has 0 aliphatic carbocycles. The van der Waals surface area contributed by atoms with E-state index in [2.05, 4.69) is 12.2 Å². The first kappa shape index (κ1) is 12.4. The molecule has 0 saturated heterocycles. The molecular weight excluding hydrogens is 215 g/mol. The number of nitrogens with two attached hydrogens (primary N) is 1. The summed E-state index contributed by atoms with van der Waals surface area (Å²) in [7, 11) is 0. The molecule has 0 saturated carbocycles. The van der Waals surface area contributed by atoms with Gasteiger partial charge in [-0.05, 0) is 30.7 Å². The van der Waals surface area contributed by atoms with E-state index >= 15 is 0 Å². The first-order valence-corrected chi connectivity index (χ1v) is 5.45. The summed E-state index contributed by atoms with van der Waals surface area (Å²) in [6.07, 6.45) is 1.02. The highest BCUT2D eigenvalue weighted by Crippen LogP contribution is 2.19. The highest BCUT2D eigenvalue weighted by molar-refractivity contribution is 6.30. The summed E-state index contributed by atoms with van der Waals surface area (Å²) in [5.74, 6) is -0.397. The lowest BCUT2D eigenvalue weighted by atomic mass is 10.1. The van der Waals surface area contributed by atoms with Crippen molar-refractivity contribution in [3.8, 4) is 0 Å². The van der Waals surface area contributed by atoms with Gasteiger partial charge in [0.25, 0.3) is 0 Å². The summed E-state index contributed by atoms with van der Waals surface area (Å²) >= 11 is 5.61. The summed E-state index contributed by atoms with van der Waals surface area (Å²) in [6, 6.07) is 4.79. The second-order valence-electron chi connectivity index (χ2n) is 3.42. The van der Waals surface area contributed by atoms with Crippen molar-refractivity contribution >= 4 is 11.6 Å². The van der Waals surface area contributed by atoms with Gasteiger partial charge in [0, 0.05) is 12.6 Å². The van der Waals surface area contributed by atoms with Crippen molar-refractivity contribution in [1.29, 1.82) is 0 Å². The first-order valence-electron chi connectivity index (χ1n) is 5.07. The smallest absolute Gasteiger partial charge is 0.142 e. The highest BCUT2D eigenvalue weighted by Gasteiger charge is 2.10. The van der Waals surface area contributed by atoms with Crippen LogP contribution in [-0.2, 0) is 0 Å². The lowest BCUT2D eigenvalue weighted by Crippen LogP contribution is -2.28. The minimum atomic E-state index is -0.397. The Morgan fingerprint density at radius 1 is 1.53 bits per heavy atom. The van der Waals surface area contributed by atoms with Crippen LogP contribution in [0.15, 0.2) is 18.2 Å². The van der Waals surface area contributed by atoms with Crippen LogP contribution in [0.4, 0.5) is 4.39 Å². The SMILES string of the molecule is CCCNC(CN)c1ccc(Cl)c(F)c1. The fraction of sp³-hybridized carbons (Fsp3) is 0.455. The highest BCUT2D eigenvalue weighted by atomic mass is 35.5. The average molecular weight is 231 g/mol. The van der Waals surface area contributed by atoms with Crippen molar-refractivity contribution in [2.75, 3.05) is 13.1 Å². The monoisotopic (exact) mass is 230 g/mol. The van der Waals surface area contributed by atoms with E-state index in [0.29, 0.717) is 6.54 Å². The summed E-state index contributed by atoms with van der Waals surface area (Å²) < 4.78 is 13.2. The molecule has 0 aromatic heterocycles. The van der Waals surface area contributed by atoms with Gasteiger partial charge in [-0.1, -0.05) is 24.6 Å². The Bertz CT molecular complexity index is 317. The maximum Gasteiger partial charge on any atom is 0.142 e. The third-order valence-corrected chi connectivity index (χ3v) is 2.53. The number of hydrogen-bond donors (Lipinski definition) is 2. The number of halogens is 2. The van der Waals surface area contributed by atoms with Gasteiger partial charge in [0.2, 0.25) is 0 Å². The van der Waals surface area contributed by atoms with E-state index in [4.69, 9.17) is 17.3 Å². The molecule has 0 fully saturated rings. The maximum absolute atomic E-state index is 13.2. The van der Waals surface area contributed by atoms with Gasteiger partial charge in [0.05, 0.1) is 5.02 Å². The zero-order chi connectivity index (χ0) is 11.3. The Balaban J connectivity index is 2.78. The number of nitrogens with one attached hydrogen (secondary N) is 1. The first-order chi connectivity index (χ1) is 7.19. The van der Waals surface area contributed by atoms with Crippen molar-refractivity contribution in [2.24, 2.45) is 5.73 Å². The van der Waals surface area contributed by atoms with Crippen LogP contribution < -0.4 is 11.1 Å². The largest absolute Gasteiger partial charge is 0.329 e. The summed E-state index contributed by atoms with van der Waals surface area (Å²) in [5, 5.41) is 3.39. The Morgan fingerprint density at radius 3 is 2.80 bits per heavy atom. The molecule has 0 amide bonds. The molecule has 0 heterocycles. The van der Waals surface area contributed by atoms with E-state index in [1.165, 1.54) is 6.07 Å². The normalized spacial score (nSPS) is 12.8. The molecule has 0 spiro atoms. The van der Waals surface area contributed by atoms with E-state index in [0.717, 1.165) is 18.5 Å². The molecule has 3 N–H and O–H groups in total. The summed E-state index contributed by atoms with van der Waals surface area (Å²) in [4.78, 5) is 0. The van der Waals surface area contributed by atoms with Gasteiger partial charge in [-0.25, -0.2) is 4.39 Å². The van der Waals surface area contributed by atoms with E-state index in [9.17, 15) is 4.39 Å². The molecule has 0 aliphatic heterocycles. The molecule has 0 bridgehead atoms. The van der Waals surface area contributed by atoms with Crippen LogP contribution in [0.3, 0.4) is 0 Å². The van der Waals surface area contributed by atoms with Crippen molar-refractivity contribution in [1.82, 2.24) is 5.32 Å². The van der Waals surface area contributed by atoms with Crippen LogP contribution in [0.25, 0.3) is 0 Å². The van der Waals surface area contributed by atoms with Crippen molar-refractivity contribution in [3.05, 3.63) is 34.6 Å². The van der Waals surface area contributed by atoms with E-state index < -0.39 is 5.82 Å².